The molecule has 1 fully saturated rings. The molecular formula is C16H27N3. The maximum atomic E-state index is 5.97. The average Bonchev–Trinajstić information content (AvgIpc) is 2.37. The highest BCUT2D eigenvalue weighted by Gasteiger charge is 2.28. The molecule has 2 atom stereocenters. The van der Waals surface area contributed by atoms with Gasteiger partial charge in [0.2, 0.25) is 0 Å². The van der Waals surface area contributed by atoms with Gasteiger partial charge in [0.25, 0.3) is 0 Å². The first-order valence-corrected chi connectivity index (χ1v) is 7.24. The van der Waals surface area contributed by atoms with Gasteiger partial charge in [0.15, 0.2) is 0 Å². The summed E-state index contributed by atoms with van der Waals surface area (Å²) in [5, 5.41) is 0. The summed E-state index contributed by atoms with van der Waals surface area (Å²) < 4.78 is 0. The predicted octanol–water partition coefficient (Wildman–Crippen LogP) is 1.94. The zero-order valence-electron chi connectivity index (χ0n) is 12.7. The second-order valence-corrected chi connectivity index (χ2v) is 5.93. The van der Waals surface area contributed by atoms with Crippen LogP contribution >= 0.6 is 0 Å². The van der Waals surface area contributed by atoms with Crippen LogP contribution in [0.3, 0.4) is 0 Å². The molecule has 3 nitrogen and oxygen atoms in total. The molecular weight excluding hydrogens is 234 g/mol. The van der Waals surface area contributed by atoms with E-state index in [-0.39, 0.29) is 0 Å². The molecule has 0 amide bonds. The third-order valence-corrected chi connectivity index (χ3v) is 4.38. The molecule has 1 aromatic rings. The summed E-state index contributed by atoms with van der Waals surface area (Å²) in [4.78, 5) is 4.94. The van der Waals surface area contributed by atoms with Crippen LogP contribution in [0.25, 0.3) is 0 Å². The van der Waals surface area contributed by atoms with Gasteiger partial charge in [0.05, 0.1) is 0 Å². The third-order valence-electron chi connectivity index (χ3n) is 4.38. The SMILES string of the molecule is Cc1ccc(C(C)N2CCN(C)CC2CN)c(C)c1. The average molecular weight is 261 g/mol. The first kappa shape index (κ1) is 14.5. The molecule has 0 radical (unpaired) electrons. The van der Waals surface area contributed by atoms with E-state index in [0.717, 1.165) is 26.2 Å². The molecule has 0 bridgehead atoms. The lowest BCUT2D eigenvalue weighted by atomic mass is 9.97. The number of piperazine rings is 1. The minimum absolute atomic E-state index is 0.447. The Hall–Kier alpha value is -0.900. The fourth-order valence-electron chi connectivity index (χ4n) is 3.22. The molecule has 1 aromatic carbocycles. The van der Waals surface area contributed by atoms with Crippen molar-refractivity contribution in [2.75, 3.05) is 33.2 Å². The van der Waals surface area contributed by atoms with Gasteiger partial charge in [0, 0.05) is 38.3 Å². The van der Waals surface area contributed by atoms with E-state index in [2.05, 4.69) is 55.8 Å². The van der Waals surface area contributed by atoms with Crippen molar-refractivity contribution in [3.63, 3.8) is 0 Å². The Morgan fingerprint density at radius 1 is 1.32 bits per heavy atom. The van der Waals surface area contributed by atoms with Crippen molar-refractivity contribution in [2.45, 2.75) is 32.9 Å². The summed E-state index contributed by atoms with van der Waals surface area (Å²) in [5.41, 5.74) is 10.1. The fourth-order valence-corrected chi connectivity index (χ4v) is 3.22. The molecule has 1 aliphatic heterocycles. The summed E-state index contributed by atoms with van der Waals surface area (Å²) >= 11 is 0. The third kappa shape index (κ3) is 3.16. The molecule has 2 N–H and O–H groups in total. The normalized spacial score (nSPS) is 23.5. The molecule has 2 unspecified atom stereocenters. The molecule has 19 heavy (non-hydrogen) atoms. The van der Waals surface area contributed by atoms with E-state index in [1.54, 1.807) is 0 Å². The van der Waals surface area contributed by atoms with Crippen LogP contribution in [0.1, 0.15) is 29.7 Å². The van der Waals surface area contributed by atoms with Crippen LogP contribution in [0.4, 0.5) is 0 Å². The minimum atomic E-state index is 0.447. The van der Waals surface area contributed by atoms with Gasteiger partial charge in [-0.2, -0.15) is 0 Å². The summed E-state index contributed by atoms with van der Waals surface area (Å²) in [6.07, 6.45) is 0. The largest absolute Gasteiger partial charge is 0.329 e. The molecule has 0 aromatic heterocycles. The summed E-state index contributed by atoms with van der Waals surface area (Å²) in [5.74, 6) is 0. The van der Waals surface area contributed by atoms with Crippen LogP contribution in [0.15, 0.2) is 18.2 Å². The lowest BCUT2D eigenvalue weighted by Crippen LogP contribution is -2.55. The van der Waals surface area contributed by atoms with Gasteiger partial charge < -0.3 is 10.6 Å². The molecule has 0 aliphatic carbocycles. The second kappa shape index (κ2) is 6.04. The molecule has 106 valence electrons. The van der Waals surface area contributed by atoms with Crippen LogP contribution < -0.4 is 5.73 Å². The second-order valence-electron chi connectivity index (χ2n) is 5.93. The van der Waals surface area contributed by atoms with Gasteiger partial charge in [-0.25, -0.2) is 0 Å². The molecule has 0 spiro atoms. The van der Waals surface area contributed by atoms with Crippen LogP contribution in [0.2, 0.25) is 0 Å². The Morgan fingerprint density at radius 3 is 2.68 bits per heavy atom. The zero-order valence-corrected chi connectivity index (χ0v) is 12.7. The van der Waals surface area contributed by atoms with E-state index >= 15 is 0 Å². The van der Waals surface area contributed by atoms with Crippen LogP contribution in [0.5, 0.6) is 0 Å². The van der Waals surface area contributed by atoms with Crippen molar-refractivity contribution < 1.29 is 0 Å². The first-order valence-electron chi connectivity index (χ1n) is 7.24. The Morgan fingerprint density at radius 2 is 2.05 bits per heavy atom. The van der Waals surface area contributed by atoms with E-state index in [0.29, 0.717) is 12.1 Å². The van der Waals surface area contributed by atoms with Gasteiger partial charge in [0.1, 0.15) is 0 Å². The maximum absolute atomic E-state index is 5.97. The van der Waals surface area contributed by atoms with E-state index in [4.69, 9.17) is 5.73 Å². The van der Waals surface area contributed by atoms with E-state index in [1.807, 2.05) is 0 Å². The van der Waals surface area contributed by atoms with Crippen molar-refractivity contribution in [2.24, 2.45) is 5.73 Å². The standard InChI is InChI=1S/C16H27N3/c1-12-5-6-16(13(2)9-12)14(3)19-8-7-18(4)11-15(19)10-17/h5-6,9,14-15H,7-8,10-11,17H2,1-4H3. The Labute approximate surface area is 117 Å². The topological polar surface area (TPSA) is 32.5 Å². The Kier molecular flexibility index (Phi) is 4.61. The number of benzene rings is 1. The first-order chi connectivity index (χ1) is 9.02. The molecule has 0 saturated carbocycles. The van der Waals surface area contributed by atoms with Gasteiger partial charge >= 0.3 is 0 Å². The van der Waals surface area contributed by atoms with E-state index in [1.165, 1.54) is 16.7 Å². The minimum Gasteiger partial charge on any atom is -0.329 e. The number of likely N-dealkylation sites (N-methyl/N-ethyl adjacent to an activating group) is 1. The van der Waals surface area contributed by atoms with Crippen molar-refractivity contribution in [3.05, 3.63) is 34.9 Å². The predicted molar refractivity (Wildman–Crippen MR) is 81.4 cm³/mol. The number of nitrogens with zero attached hydrogens (tertiary/aromatic N) is 2. The highest BCUT2D eigenvalue weighted by molar-refractivity contribution is 5.32. The van der Waals surface area contributed by atoms with Crippen LogP contribution in [-0.4, -0.2) is 49.1 Å². The van der Waals surface area contributed by atoms with Crippen LogP contribution in [-0.2, 0) is 0 Å². The van der Waals surface area contributed by atoms with Crippen LogP contribution in [0, 0.1) is 13.8 Å². The molecule has 1 heterocycles. The maximum Gasteiger partial charge on any atom is 0.0352 e. The fraction of sp³-hybridized carbons (Fsp3) is 0.625. The van der Waals surface area contributed by atoms with Gasteiger partial charge in [-0.1, -0.05) is 23.8 Å². The quantitative estimate of drug-likeness (QED) is 0.902. The Bertz CT molecular complexity index is 430. The molecule has 1 saturated heterocycles. The number of aryl methyl sites for hydroxylation is 2. The number of rotatable bonds is 3. The highest BCUT2D eigenvalue weighted by atomic mass is 15.3. The number of hydrogen-bond acceptors (Lipinski definition) is 3. The Balaban J connectivity index is 2.20. The smallest absolute Gasteiger partial charge is 0.0352 e. The summed E-state index contributed by atoms with van der Waals surface area (Å²) in [6, 6.07) is 7.68. The summed E-state index contributed by atoms with van der Waals surface area (Å²) in [7, 11) is 2.18. The molecule has 2 rings (SSSR count). The van der Waals surface area contributed by atoms with E-state index in [9.17, 15) is 0 Å². The van der Waals surface area contributed by atoms with Gasteiger partial charge in [-0.05, 0) is 38.9 Å². The van der Waals surface area contributed by atoms with Crippen molar-refractivity contribution in [1.82, 2.24) is 9.80 Å². The summed E-state index contributed by atoms with van der Waals surface area (Å²) in [6.45, 7) is 10.7. The molecule has 1 aliphatic rings. The lowest BCUT2D eigenvalue weighted by Gasteiger charge is -2.43. The monoisotopic (exact) mass is 261 g/mol. The van der Waals surface area contributed by atoms with Crippen molar-refractivity contribution in [1.29, 1.82) is 0 Å². The van der Waals surface area contributed by atoms with Crippen molar-refractivity contribution in [3.8, 4) is 0 Å². The molecule has 3 heteroatoms. The van der Waals surface area contributed by atoms with E-state index < -0.39 is 0 Å². The highest BCUT2D eigenvalue weighted by Crippen LogP contribution is 2.27. The van der Waals surface area contributed by atoms with Gasteiger partial charge in [-0.15, -0.1) is 0 Å². The van der Waals surface area contributed by atoms with Gasteiger partial charge in [-0.3, -0.25) is 4.90 Å². The number of nitrogens with two attached hydrogens (primary N) is 1. The van der Waals surface area contributed by atoms with Crippen molar-refractivity contribution >= 4 is 0 Å². The lowest BCUT2D eigenvalue weighted by molar-refractivity contribution is 0.0619. The number of hydrogen-bond donors (Lipinski definition) is 1. The zero-order chi connectivity index (χ0) is 14.0.